The van der Waals surface area contributed by atoms with E-state index in [0.29, 0.717) is 0 Å². The summed E-state index contributed by atoms with van der Waals surface area (Å²) in [6.45, 7) is 0. The summed E-state index contributed by atoms with van der Waals surface area (Å²) in [7, 11) is 5.25. The first-order chi connectivity index (χ1) is 11.4. The van der Waals surface area contributed by atoms with Gasteiger partial charge in [-0.15, -0.1) is 0 Å². The van der Waals surface area contributed by atoms with Crippen LogP contribution in [-0.2, 0) is 12.6 Å². The van der Waals surface area contributed by atoms with E-state index in [-0.39, 0.29) is 0 Å². The molecule has 3 aromatic rings. The summed E-state index contributed by atoms with van der Waals surface area (Å²) in [6, 6.07) is 30.3. The lowest BCUT2D eigenvalue weighted by Crippen LogP contribution is -2.13. The fraction of sp³-hybridized carbons (Fsp3) is 0.0952. The van der Waals surface area contributed by atoms with E-state index in [4.69, 9.17) is 7.85 Å². The van der Waals surface area contributed by atoms with Crippen molar-refractivity contribution < 1.29 is 0 Å². The molecule has 0 saturated carbocycles. The molecule has 0 spiro atoms. The Bertz CT molecular complexity index is 686. The van der Waals surface area contributed by atoms with E-state index in [1.165, 1.54) is 21.7 Å². The Hall–Kier alpha value is -1.98. The highest BCUT2D eigenvalue weighted by molar-refractivity contribution is 7.72. The smallest absolute Gasteiger partial charge is 0.0574 e. The molecule has 0 bridgehead atoms. The molecular weight excluding hydrogens is 294 g/mol. The predicted molar refractivity (Wildman–Crippen MR) is 103 cm³/mol. The summed E-state index contributed by atoms with van der Waals surface area (Å²) in [5.74, 6) is 0. The zero-order valence-electron chi connectivity index (χ0n) is 13.1. The van der Waals surface area contributed by atoms with Crippen molar-refractivity contribution in [2.45, 2.75) is 12.6 Å². The Kier molecular flexibility index (Phi) is 5.56. The van der Waals surface area contributed by atoms with Crippen molar-refractivity contribution in [3.8, 4) is 0 Å². The lowest BCUT2D eigenvalue weighted by molar-refractivity contribution is 1.18. The van der Waals surface area contributed by atoms with E-state index >= 15 is 0 Å². The van der Waals surface area contributed by atoms with Gasteiger partial charge in [-0.3, -0.25) is 7.85 Å². The van der Waals surface area contributed by atoms with Gasteiger partial charge in [0.1, 0.15) is 0 Å². The number of hydrogen-bond acceptors (Lipinski definition) is 0. The minimum absolute atomic E-state index is 0.409. The van der Waals surface area contributed by atoms with E-state index in [0.717, 1.165) is 12.6 Å². The summed E-state index contributed by atoms with van der Waals surface area (Å²) in [4.78, 5) is 0. The molecule has 0 N–H and O–H groups in total. The third kappa shape index (κ3) is 4.06. The molecule has 0 aromatic heterocycles. The lowest BCUT2D eigenvalue weighted by Gasteiger charge is -2.20. The summed E-state index contributed by atoms with van der Waals surface area (Å²) in [5.41, 5.74) is 2.72. The average molecular weight is 313 g/mol. The molecule has 0 aliphatic heterocycles. The van der Waals surface area contributed by atoms with Crippen molar-refractivity contribution in [2.75, 3.05) is 0 Å². The molecule has 3 radical (unpaired) electrons. The van der Waals surface area contributed by atoms with E-state index in [2.05, 4.69) is 84.9 Å². The second-order valence-electron chi connectivity index (χ2n) is 5.47. The summed E-state index contributed by atoms with van der Waals surface area (Å²) in [5, 5.41) is 2.83. The quantitative estimate of drug-likeness (QED) is 0.364. The van der Waals surface area contributed by atoms with Crippen LogP contribution in [0.1, 0.15) is 11.1 Å². The van der Waals surface area contributed by atoms with Gasteiger partial charge in [0.25, 0.3) is 0 Å². The maximum absolute atomic E-state index is 5.66. The maximum Gasteiger partial charge on any atom is 0.0574 e. The fourth-order valence-electron chi connectivity index (χ4n) is 2.76. The Morgan fingerprint density at radius 1 is 0.652 bits per heavy atom. The van der Waals surface area contributed by atoms with Gasteiger partial charge in [0.05, 0.1) is 6.42 Å². The number of hydrogen-bond donors (Lipinski definition) is 0. The van der Waals surface area contributed by atoms with Crippen LogP contribution in [0.15, 0.2) is 84.9 Å². The van der Waals surface area contributed by atoms with Crippen molar-refractivity contribution in [2.24, 2.45) is 0 Å². The second-order valence-corrected chi connectivity index (χ2v) is 7.67. The summed E-state index contributed by atoms with van der Waals surface area (Å²) in [6.07, 6.45) is 3.61. The molecule has 0 aliphatic carbocycles. The van der Waals surface area contributed by atoms with Gasteiger partial charge in [-0.25, -0.2) is 6.32 Å². The van der Waals surface area contributed by atoms with Crippen LogP contribution >= 0.6 is 7.92 Å². The summed E-state index contributed by atoms with van der Waals surface area (Å²) < 4.78 is 0. The van der Waals surface area contributed by atoms with Gasteiger partial charge in [-0.1, -0.05) is 84.9 Å². The van der Waals surface area contributed by atoms with Gasteiger partial charge in [0, 0.05) is 6.16 Å². The molecule has 0 unspecified atom stereocenters. The van der Waals surface area contributed by atoms with Crippen LogP contribution in [0.5, 0.6) is 0 Å². The first-order valence-corrected chi connectivity index (χ1v) is 9.39. The Morgan fingerprint density at radius 3 is 1.65 bits per heavy atom. The summed E-state index contributed by atoms with van der Waals surface area (Å²) >= 11 is 0. The Morgan fingerprint density at radius 2 is 1.13 bits per heavy atom. The largest absolute Gasteiger partial charge is 0.256 e. The molecule has 0 saturated heterocycles. The van der Waals surface area contributed by atoms with E-state index in [9.17, 15) is 0 Å². The molecule has 0 atom stereocenters. The van der Waals surface area contributed by atoms with Crippen LogP contribution in [0.4, 0.5) is 0 Å². The van der Waals surface area contributed by atoms with Gasteiger partial charge in [0.15, 0.2) is 0 Å². The molecule has 0 amide bonds. The van der Waals surface area contributed by atoms with Gasteiger partial charge in [0.2, 0.25) is 0 Å². The molecule has 23 heavy (non-hydrogen) atoms. The van der Waals surface area contributed by atoms with E-state index < -0.39 is 7.92 Å². The topological polar surface area (TPSA) is 0 Å². The van der Waals surface area contributed by atoms with Crippen LogP contribution in [0, 0.1) is 6.32 Å². The van der Waals surface area contributed by atoms with E-state index in [1.54, 1.807) is 6.32 Å². The highest BCUT2D eigenvalue weighted by Crippen LogP contribution is 2.38. The highest BCUT2D eigenvalue weighted by atomic mass is 31.1. The highest BCUT2D eigenvalue weighted by Gasteiger charge is 2.15. The van der Waals surface area contributed by atoms with Gasteiger partial charge < -0.3 is 0 Å². The van der Waals surface area contributed by atoms with Crippen molar-refractivity contribution in [1.82, 2.24) is 0 Å². The van der Waals surface area contributed by atoms with Crippen LogP contribution in [0.3, 0.4) is 0 Å². The van der Waals surface area contributed by atoms with Gasteiger partial charge in [-0.2, -0.15) is 0 Å². The third-order valence-corrected chi connectivity index (χ3v) is 6.42. The van der Waals surface area contributed by atoms with Crippen molar-refractivity contribution in [3.63, 3.8) is 0 Å². The minimum atomic E-state index is -0.409. The molecule has 0 aliphatic rings. The Balaban J connectivity index is 1.97. The molecule has 3 aromatic carbocycles. The average Bonchev–Trinajstić information content (AvgIpc) is 2.63. The third-order valence-electron chi connectivity index (χ3n) is 3.92. The lowest BCUT2D eigenvalue weighted by atomic mass is 9.95. The zero-order chi connectivity index (χ0) is 15.9. The molecule has 2 heteroatoms. The minimum Gasteiger partial charge on any atom is -0.256 e. The molecule has 3 rings (SSSR count). The predicted octanol–water partition coefficient (Wildman–Crippen LogP) is 4.19. The van der Waals surface area contributed by atoms with Crippen LogP contribution in [-0.4, -0.2) is 7.85 Å². The first-order valence-electron chi connectivity index (χ1n) is 7.86. The zero-order valence-corrected chi connectivity index (χ0v) is 14.0. The fourth-order valence-corrected chi connectivity index (χ4v) is 5.13. The van der Waals surface area contributed by atoms with Crippen molar-refractivity contribution in [3.05, 3.63) is 102 Å². The molecule has 0 fully saturated rings. The van der Waals surface area contributed by atoms with Crippen LogP contribution in [0.2, 0.25) is 0 Å². The second kappa shape index (κ2) is 8.04. The standard InChI is InChI=1S/C21H19BP/c22-16-15-18-9-7-8-10-19(18)17-23(20-11-3-1-4-12-20)21-13-5-2-6-14-21/h1-14,16H,15,17H2. The maximum atomic E-state index is 5.66. The monoisotopic (exact) mass is 313 g/mol. The molecular formula is C21H19BP. The van der Waals surface area contributed by atoms with Crippen LogP contribution < -0.4 is 10.6 Å². The van der Waals surface area contributed by atoms with E-state index in [1.807, 2.05) is 0 Å². The normalized spacial score (nSPS) is 10.7. The van der Waals surface area contributed by atoms with Gasteiger partial charge >= 0.3 is 0 Å². The molecule has 0 heterocycles. The number of rotatable bonds is 6. The molecule has 0 nitrogen and oxygen atoms in total. The molecule has 111 valence electrons. The first kappa shape index (κ1) is 15.9. The SMILES string of the molecule is [B-][CH+]Cc1ccccc1CP(c1ccccc1)c1ccccc1. The number of benzene rings is 3. The van der Waals surface area contributed by atoms with Crippen molar-refractivity contribution >= 4 is 26.4 Å². The Labute approximate surface area is 141 Å². The van der Waals surface area contributed by atoms with Gasteiger partial charge in [-0.05, 0) is 29.7 Å². The van der Waals surface area contributed by atoms with Crippen molar-refractivity contribution in [1.29, 1.82) is 0 Å². The van der Waals surface area contributed by atoms with Crippen LogP contribution in [0.25, 0.3) is 0 Å².